The summed E-state index contributed by atoms with van der Waals surface area (Å²) in [5.41, 5.74) is 1.10. The lowest BCUT2D eigenvalue weighted by Crippen LogP contribution is -2.41. The molecule has 1 fully saturated rings. The number of hydrogen-bond acceptors (Lipinski definition) is 3. The minimum Gasteiger partial charge on any atom is -0.317 e. The van der Waals surface area contributed by atoms with Gasteiger partial charge in [-0.3, -0.25) is 9.48 Å². The second-order valence-electron chi connectivity index (χ2n) is 5.33. The maximum Gasteiger partial charge on any atom is 0.139 e. The number of aryl methyl sites for hydroxylation is 2. The summed E-state index contributed by atoms with van der Waals surface area (Å²) in [6, 6.07) is 0. The SMILES string of the molecule is CCC1(C(=O)CCc2cnn(C)c2)CCNCC1. The number of carbonyl (C=O) groups is 1. The fourth-order valence-electron chi connectivity index (χ4n) is 2.86. The molecule has 4 heteroatoms. The zero-order chi connectivity index (χ0) is 13.0. The van der Waals surface area contributed by atoms with E-state index in [4.69, 9.17) is 0 Å². The van der Waals surface area contributed by atoms with Gasteiger partial charge in [-0.2, -0.15) is 5.10 Å². The third-order valence-corrected chi connectivity index (χ3v) is 4.23. The molecule has 0 amide bonds. The first-order chi connectivity index (χ1) is 8.66. The highest BCUT2D eigenvalue weighted by atomic mass is 16.1. The van der Waals surface area contributed by atoms with Crippen molar-refractivity contribution in [1.29, 1.82) is 0 Å². The molecule has 1 aliphatic rings. The Kier molecular flexibility index (Phi) is 4.17. The lowest BCUT2D eigenvalue weighted by atomic mass is 9.72. The summed E-state index contributed by atoms with van der Waals surface area (Å²) < 4.78 is 1.79. The number of aromatic nitrogens is 2. The fourth-order valence-corrected chi connectivity index (χ4v) is 2.86. The number of ketones is 1. The van der Waals surface area contributed by atoms with Crippen LogP contribution in [0.5, 0.6) is 0 Å². The predicted octanol–water partition coefficient (Wildman–Crippen LogP) is 1.70. The van der Waals surface area contributed by atoms with E-state index in [1.54, 1.807) is 4.68 Å². The number of nitrogens with zero attached hydrogens (tertiary/aromatic N) is 2. The number of Topliss-reactive ketones (excluding diaryl/α,β-unsaturated/α-hetero) is 1. The van der Waals surface area contributed by atoms with Crippen LogP contribution < -0.4 is 5.32 Å². The van der Waals surface area contributed by atoms with Gasteiger partial charge in [0.1, 0.15) is 5.78 Å². The van der Waals surface area contributed by atoms with Crippen molar-refractivity contribution in [1.82, 2.24) is 15.1 Å². The largest absolute Gasteiger partial charge is 0.317 e. The Balaban J connectivity index is 1.93. The van der Waals surface area contributed by atoms with Crippen LogP contribution in [0.3, 0.4) is 0 Å². The van der Waals surface area contributed by atoms with Gasteiger partial charge in [0.25, 0.3) is 0 Å². The first kappa shape index (κ1) is 13.3. The van der Waals surface area contributed by atoms with Crippen LogP contribution in [-0.2, 0) is 18.3 Å². The van der Waals surface area contributed by atoms with Crippen LogP contribution >= 0.6 is 0 Å². The molecule has 0 aliphatic carbocycles. The summed E-state index contributed by atoms with van der Waals surface area (Å²) in [5, 5.41) is 7.48. The quantitative estimate of drug-likeness (QED) is 0.864. The fraction of sp³-hybridized carbons (Fsp3) is 0.714. The standard InChI is InChI=1S/C14H23N3O/c1-3-14(6-8-15-9-7-14)13(18)5-4-12-10-16-17(2)11-12/h10-11,15H,3-9H2,1-2H3. The lowest BCUT2D eigenvalue weighted by molar-refractivity contribution is -0.130. The van der Waals surface area contributed by atoms with Crippen LogP contribution in [0.25, 0.3) is 0 Å². The van der Waals surface area contributed by atoms with Crippen LogP contribution in [0.1, 0.15) is 38.2 Å². The molecule has 0 spiro atoms. The molecule has 18 heavy (non-hydrogen) atoms. The Bertz CT molecular complexity index is 405. The lowest BCUT2D eigenvalue weighted by Gasteiger charge is -2.35. The minimum atomic E-state index is -0.0620. The highest BCUT2D eigenvalue weighted by Crippen LogP contribution is 2.34. The Hall–Kier alpha value is -1.16. The van der Waals surface area contributed by atoms with Crippen LogP contribution in [0, 0.1) is 5.41 Å². The van der Waals surface area contributed by atoms with Gasteiger partial charge in [-0.05, 0) is 44.3 Å². The molecule has 1 aliphatic heterocycles. The van der Waals surface area contributed by atoms with Crippen molar-refractivity contribution in [3.05, 3.63) is 18.0 Å². The first-order valence-electron chi connectivity index (χ1n) is 6.88. The number of rotatable bonds is 5. The summed E-state index contributed by atoms with van der Waals surface area (Å²) in [7, 11) is 1.91. The Morgan fingerprint density at radius 2 is 2.22 bits per heavy atom. The van der Waals surface area contributed by atoms with Crippen molar-refractivity contribution in [2.45, 2.75) is 39.0 Å². The summed E-state index contributed by atoms with van der Waals surface area (Å²) in [4.78, 5) is 12.5. The van der Waals surface area contributed by atoms with Gasteiger partial charge in [-0.15, -0.1) is 0 Å². The van der Waals surface area contributed by atoms with E-state index in [2.05, 4.69) is 17.3 Å². The van der Waals surface area contributed by atoms with Gasteiger partial charge < -0.3 is 5.32 Å². The van der Waals surface area contributed by atoms with Gasteiger partial charge in [-0.25, -0.2) is 0 Å². The average Bonchev–Trinajstić information content (AvgIpc) is 2.82. The molecule has 0 saturated carbocycles. The minimum absolute atomic E-state index is 0.0620. The van der Waals surface area contributed by atoms with E-state index in [9.17, 15) is 4.79 Å². The van der Waals surface area contributed by atoms with Crippen LogP contribution in [0.4, 0.5) is 0 Å². The summed E-state index contributed by atoms with van der Waals surface area (Å²) >= 11 is 0. The van der Waals surface area contributed by atoms with Crippen molar-refractivity contribution >= 4 is 5.78 Å². The van der Waals surface area contributed by atoms with Gasteiger partial charge in [-0.1, -0.05) is 6.92 Å². The molecule has 2 rings (SSSR count). The van der Waals surface area contributed by atoms with Gasteiger partial charge in [0.15, 0.2) is 0 Å². The molecule has 1 aromatic rings. The van der Waals surface area contributed by atoms with Crippen LogP contribution in [-0.4, -0.2) is 28.7 Å². The van der Waals surface area contributed by atoms with E-state index in [-0.39, 0.29) is 5.41 Å². The predicted molar refractivity (Wildman–Crippen MR) is 71.4 cm³/mol. The van der Waals surface area contributed by atoms with Crippen LogP contribution in [0.2, 0.25) is 0 Å². The van der Waals surface area contributed by atoms with E-state index in [1.807, 2.05) is 19.4 Å². The summed E-state index contributed by atoms with van der Waals surface area (Å²) in [6.07, 6.45) is 8.29. The second-order valence-corrected chi connectivity index (χ2v) is 5.33. The Labute approximate surface area is 109 Å². The van der Waals surface area contributed by atoms with E-state index >= 15 is 0 Å². The van der Waals surface area contributed by atoms with Gasteiger partial charge >= 0.3 is 0 Å². The third kappa shape index (κ3) is 2.80. The number of piperidine rings is 1. The van der Waals surface area contributed by atoms with Crippen molar-refractivity contribution in [2.75, 3.05) is 13.1 Å². The smallest absolute Gasteiger partial charge is 0.139 e. The normalized spacial score (nSPS) is 18.8. The average molecular weight is 249 g/mol. The van der Waals surface area contributed by atoms with Crippen molar-refractivity contribution < 1.29 is 4.79 Å². The molecule has 2 heterocycles. The summed E-state index contributed by atoms with van der Waals surface area (Å²) in [6.45, 7) is 4.10. The van der Waals surface area contributed by atoms with Crippen LogP contribution in [0.15, 0.2) is 12.4 Å². The van der Waals surface area contributed by atoms with E-state index in [0.717, 1.165) is 44.3 Å². The third-order valence-electron chi connectivity index (χ3n) is 4.23. The molecule has 1 saturated heterocycles. The van der Waals surface area contributed by atoms with Crippen molar-refractivity contribution in [3.63, 3.8) is 0 Å². The molecule has 100 valence electrons. The molecular weight excluding hydrogens is 226 g/mol. The second kappa shape index (κ2) is 5.65. The molecule has 4 nitrogen and oxygen atoms in total. The maximum atomic E-state index is 12.5. The Morgan fingerprint density at radius 3 is 2.78 bits per heavy atom. The van der Waals surface area contributed by atoms with E-state index < -0.39 is 0 Å². The van der Waals surface area contributed by atoms with E-state index in [1.165, 1.54) is 0 Å². The molecule has 0 atom stereocenters. The molecule has 0 unspecified atom stereocenters. The highest BCUT2D eigenvalue weighted by Gasteiger charge is 2.36. The zero-order valence-corrected chi connectivity index (χ0v) is 11.4. The molecule has 0 aromatic carbocycles. The van der Waals surface area contributed by atoms with E-state index in [0.29, 0.717) is 12.2 Å². The molecule has 0 radical (unpaired) electrons. The molecule has 0 bridgehead atoms. The number of nitrogens with one attached hydrogen (secondary N) is 1. The van der Waals surface area contributed by atoms with Gasteiger partial charge in [0, 0.05) is 25.1 Å². The molecule has 1 aromatic heterocycles. The number of carbonyl (C=O) groups excluding carboxylic acids is 1. The van der Waals surface area contributed by atoms with Crippen molar-refractivity contribution in [2.24, 2.45) is 12.5 Å². The molecular formula is C14H23N3O. The first-order valence-corrected chi connectivity index (χ1v) is 6.88. The summed E-state index contributed by atoms with van der Waals surface area (Å²) in [5.74, 6) is 0.440. The topological polar surface area (TPSA) is 46.9 Å². The maximum absolute atomic E-state index is 12.5. The van der Waals surface area contributed by atoms with Gasteiger partial charge in [0.2, 0.25) is 0 Å². The Morgan fingerprint density at radius 1 is 1.50 bits per heavy atom. The monoisotopic (exact) mass is 249 g/mol. The van der Waals surface area contributed by atoms with Crippen molar-refractivity contribution in [3.8, 4) is 0 Å². The van der Waals surface area contributed by atoms with Gasteiger partial charge in [0.05, 0.1) is 6.20 Å². The highest BCUT2D eigenvalue weighted by molar-refractivity contribution is 5.85. The zero-order valence-electron chi connectivity index (χ0n) is 11.4. The number of hydrogen-bond donors (Lipinski definition) is 1. The molecule has 1 N–H and O–H groups in total.